The average Bonchev–Trinajstić information content (AvgIpc) is 3.44. The van der Waals surface area contributed by atoms with Crippen LogP contribution in [0.5, 0.6) is 0 Å². The molecule has 0 N–H and O–H groups in total. The molecule has 3 aliphatic carbocycles. The molecule has 1 unspecified atom stereocenters. The number of aliphatic imine (C=N–C) groups is 2. The summed E-state index contributed by atoms with van der Waals surface area (Å²) in [4.78, 5) is 8.23. The monoisotopic (exact) mass is 606 g/mol. The Labute approximate surface area is 252 Å². The van der Waals surface area contributed by atoms with Crippen LogP contribution < -0.4 is 0 Å². The standard InChI is InChI=1S/C35H16F6N4/c1-35-13-24-21(20-4-2-16(6-22(20)33(24)44-14-42)18-8-27(36)31(40)28(37)9-18)12-26(35)34(45-15-43)23-7-17(3-5-25(23)35)19-10-29(38)32(41)30(39)11-19/h2-13,26H,1H3/t26?,35-/m0/s1. The van der Waals surface area contributed by atoms with Crippen molar-refractivity contribution in [1.82, 2.24) is 0 Å². The van der Waals surface area contributed by atoms with Crippen LogP contribution >= 0.6 is 0 Å². The first-order valence-corrected chi connectivity index (χ1v) is 13.5. The third-order valence-corrected chi connectivity index (χ3v) is 8.67. The molecule has 4 nitrogen and oxygen atoms in total. The number of nitrogens with zero attached hydrogens (tertiary/aromatic N) is 4. The van der Waals surface area contributed by atoms with Gasteiger partial charge in [-0.2, -0.15) is 20.5 Å². The Morgan fingerprint density at radius 3 is 1.71 bits per heavy atom. The molecule has 10 heteroatoms. The average molecular weight is 607 g/mol. The minimum absolute atomic E-state index is 0.0984. The maximum atomic E-state index is 14.0. The lowest BCUT2D eigenvalue weighted by molar-refractivity contribution is 0.447. The van der Waals surface area contributed by atoms with Gasteiger partial charge < -0.3 is 0 Å². The van der Waals surface area contributed by atoms with E-state index < -0.39 is 46.2 Å². The zero-order chi connectivity index (χ0) is 31.8. The highest BCUT2D eigenvalue weighted by atomic mass is 19.2. The molecule has 0 radical (unpaired) electrons. The predicted molar refractivity (Wildman–Crippen MR) is 155 cm³/mol. The summed E-state index contributed by atoms with van der Waals surface area (Å²) < 4.78 is 83.4. The summed E-state index contributed by atoms with van der Waals surface area (Å²) in [6.45, 7) is 1.93. The molecule has 0 heterocycles. The molecule has 0 spiro atoms. The lowest BCUT2D eigenvalue weighted by atomic mass is 9.70. The second-order valence-corrected chi connectivity index (χ2v) is 11.1. The maximum Gasteiger partial charge on any atom is 0.206 e. The van der Waals surface area contributed by atoms with Crippen molar-refractivity contribution in [3.63, 3.8) is 0 Å². The van der Waals surface area contributed by atoms with E-state index in [4.69, 9.17) is 0 Å². The quantitative estimate of drug-likeness (QED) is 0.131. The summed E-state index contributed by atoms with van der Waals surface area (Å²) >= 11 is 0. The van der Waals surface area contributed by atoms with Crippen molar-refractivity contribution in [3.05, 3.63) is 136 Å². The Morgan fingerprint density at radius 2 is 1.16 bits per heavy atom. The fourth-order valence-corrected chi connectivity index (χ4v) is 6.61. The predicted octanol–water partition coefficient (Wildman–Crippen LogP) is 8.32. The number of nitriles is 2. The van der Waals surface area contributed by atoms with Gasteiger partial charge in [-0.15, -0.1) is 0 Å². The van der Waals surface area contributed by atoms with Gasteiger partial charge in [-0.25, -0.2) is 26.3 Å². The molecule has 0 bridgehead atoms. The van der Waals surface area contributed by atoms with Crippen molar-refractivity contribution in [1.29, 1.82) is 10.5 Å². The van der Waals surface area contributed by atoms with Gasteiger partial charge in [-0.05, 0) is 75.4 Å². The highest BCUT2D eigenvalue weighted by molar-refractivity contribution is 6.31. The van der Waals surface area contributed by atoms with Gasteiger partial charge in [0.25, 0.3) is 0 Å². The van der Waals surface area contributed by atoms with E-state index in [1.807, 2.05) is 31.5 Å². The Morgan fingerprint density at radius 1 is 0.622 bits per heavy atom. The molecule has 2 atom stereocenters. The molecular formula is C35H16F6N4. The van der Waals surface area contributed by atoms with Crippen molar-refractivity contribution in [2.24, 2.45) is 15.9 Å². The third kappa shape index (κ3) is 4.06. The van der Waals surface area contributed by atoms with Gasteiger partial charge in [-0.1, -0.05) is 43.3 Å². The van der Waals surface area contributed by atoms with Crippen LogP contribution in [0.25, 0.3) is 27.8 Å². The van der Waals surface area contributed by atoms with Gasteiger partial charge in [0.1, 0.15) is 0 Å². The number of allylic oxidation sites excluding steroid dienone is 4. The van der Waals surface area contributed by atoms with Gasteiger partial charge in [0.05, 0.1) is 11.4 Å². The molecule has 4 aromatic carbocycles. The first-order chi connectivity index (χ1) is 21.5. The second kappa shape index (κ2) is 9.90. The van der Waals surface area contributed by atoms with Crippen LogP contribution in [-0.4, -0.2) is 11.4 Å². The summed E-state index contributed by atoms with van der Waals surface area (Å²) in [5.74, 6) is -8.97. The van der Waals surface area contributed by atoms with Crippen molar-refractivity contribution in [2.75, 3.05) is 0 Å². The van der Waals surface area contributed by atoms with Crippen molar-refractivity contribution < 1.29 is 26.3 Å². The molecule has 0 fully saturated rings. The Kier molecular flexibility index (Phi) is 6.17. The normalized spacial score (nSPS) is 21.0. The third-order valence-electron chi connectivity index (χ3n) is 8.67. The molecule has 0 aromatic heterocycles. The number of benzene rings is 4. The van der Waals surface area contributed by atoms with E-state index in [0.717, 1.165) is 29.8 Å². The van der Waals surface area contributed by atoms with Crippen LogP contribution in [0.3, 0.4) is 0 Å². The molecule has 3 aliphatic rings. The number of halogens is 6. The van der Waals surface area contributed by atoms with E-state index in [9.17, 15) is 36.9 Å². The molecular weight excluding hydrogens is 590 g/mol. The molecule has 4 aromatic rings. The first kappa shape index (κ1) is 28.1. The lowest BCUT2D eigenvalue weighted by Gasteiger charge is -2.32. The van der Waals surface area contributed by atoms with Crippen LogP contribution in [0.4, 0.5) is 26.3 Å². The van der Waals surface area contributed by atoms with E-state index >= 15 is 0 Å². The maximum absolute atomic E-state index is 14.0. The molecule has 0 saturated heterocycles. The number of hydrogen-bond acceptors (Lipinski definition) is 4. The van der Waals surface area contributed by atoms with E-state index in [-0.39, 0.29) is 11.1 Å². The van der Waals surface area contributed by atoms with Crippen LogP contribution in [0.2, 0.25) is 0 Å². The summed E-state index contributed by atoms with van der Waals surface area (Å²) in [6, 6.07) is 13.6. The van der Waals surface area contributed by atoms with Gasteiger partial charge >= 0.3 is 0 Å². The highest BCUT2D eigenvalue weighted by Crippen LogP contribution is 2.54. The minimum Gasteiger partial charge on any atom is -0.204 e. The first-order valence-electron chi connectivity index (χ1n) is 13.5. The van der Waals surface area contributed by atoms with E-state index in [0.29, 0.717) is 50.4 Å². The molecule has 0 amide bonds. The molecule has 0 saturated carbocycles. The lowest BCUT2D eigenvalue weighted by Crippen LogP contribution is -2.30. The number of hydrogen-bond donors (Lipinski definition) is 0. The van der Waals surface area contributed by atoms with Crippen molar-refractivity contribution in [3.8, 4) is 34.6 Å². The SMILES string of the molecule is C[C@@]12C=C3C(=CC1C(=NC#N)c1cc(-c4cc(F)c(F)c(F)c4)ccc12)c1ccc(-c2cc(F)c(F)c(F)c2)cc1C3=NC#N. The molecule has 45 heavy (non-hydrogen) atoms. The number of rotatable bonds is 2. The molecule has 7 rings (SSSR count). The Hall–Kier alpha value is -5.74. The van der Waals surface area contributed by atoms with Gasteiger partial charge in [0.15, 0.2) is 34.9 Å². The van der Waals surface area contributed by atoms with Gasteiger partial charge in [-0.3, -0.25) is 0 Å². The fraction of sp³-hybridized carbons (Fsp3) is 0.0857. The summed E-state index contributed by atoms with van der Waals surface area (Å²) in [7, 11) is 0. The Bertz CT molecular complexity index is 2190. The summed E-state index contributed by atoms with van der Waals surface area (Å²) in [5.41, 5.74) is 4.73. The van der Waals surface area contributed by atoms with Gasteiger partial charge in [0, 0.05) is 28.0 Å². The van der Waals surface area contributed by atoms with Gasteiger partial charge in [0.2, 0.25) is 12.4 Å². The van der Waals surface area contributed by atoms with Crippen LogP contribution in [0.1, 0.15) is 29.2 Å². The smallest absolute Gasteiger partial charge is 0.204 e. The topological polar surface area (TPSA) is 72.3 Å². The molecule has 0 aliphatic heterocycles. The minimum atomic E-state index is -1.58. The van der Waals surface area contributed by atoms with Crippen molar-refractivity contribution in [2.45, 2.75) is 12.3 Å². The summed E-state index contributed by atoms with van der Waals surface area (Å²) in [6.07, 6.45) is 7.51. The number of fused-ring (bicyclic) bond motifs is 6. The summed E-state index contributed by atoms with van der Waals surface area (Å²) in [5, 5.41) is 19.2. The zero-order valence-corrected chi connectivity index (χ0v) is 23.1. The van der Waals surface area contributed by atoms with E-state index in [2.05, 4.69) is 9.98 Å². The Balaban J connectivity index is 1.38. The second-order valence-electron chi connectivity index (χ2n) is 11.1. The zero-order valence-electron chi connectivity index (χ0n) is 23.1. The van der Waals surface area contributed by atoms with Crippen molar-refractivity contribution >= 4 is 17.0 Å². The van der Waals surface area contributed by atoms with E-state index in [1.54, 1.807) is 36.4 Å². The highest BCUT2D eigenvalue weighted by Gasteiger charge is 2.49. The fourth-order valence-electron chi connectivity index (χ4n) is 6.61. The van der Waals surface area contributed by atoms with Crippen LogP contribution in [0, 0.1) is 63.7 Å². The van der Waals surface area contributed by atoms with Crippen LogP contribution in [0.15, 0.2) is 88.4 Å². The molecule has 218 valence electrons. The largest absolute Gasteiger partial charge is 0.206 e. The van der Waals surface area contributed by atoms with Crippen LogP contribution in [-0.2, 0) is 5.41 Å². The van der Waals surface area contributed by atoms with E-state index in [1.165, 1.54) is 0 Å².